The van der Waals surface area contributed by atoms with Crippen molar-refractivity contribution in [3.05, 3.63) is 39.3 Å². The van der Waals surface area contributed by atoms with Crippen molar-refractivity contribution in [2.45, 2.75) is 19.3 Å². The molecule has 1 atom stereocenters. The third-order valence-corrected chi connectivity index (χ3v) is 3.85. The van der Waals surface area contributed by atoms with Crippen LogP contribution in [0.4, 0.5) is 0 Å². The average Bonchev–Trinajstić information content (AvgIpc) is 3.10. The molecule has 122 valence electrons. The molecule has 0 radical (unpaired) electrons. The minimum absolute atomic E-state index is 0.00935. The number of methoxy groups -OCH3 is 1. The predicted octanol–water partition coefficient (Wildman–Crippen LogP) is 0.756. The molecule has 0 fully saturated rings. The number of hydrogen-bond acceptors (Lipinski definition) is 5. The molecule has 23 heavy (non-hydrogen) atoms. The molecular formula is C15H17N3O5. The first kappa shape index (κ1) is 15.0. The van der Waals surface area contributed by atoms with E-state index in [1.807, 2.05) is 0 Å². The van der Waals surface area contributed by atoms with Gasteiger partial charge in [-0.3, -0.25) is 14.7 Å². The van der Waals surface area contributed by atoms with Gasteiger partial charge in [0.2, 0.25) is 18.4 Å². The molecule has 1 unspecified atom stereocenters. The molecule has 8 nitrogen and oxygen atoms in total. The molecule has 3 rings (SSSR count). The standard InChI is InChI=1S/C15H17N3O5/c1-7-13(15(20)18-17-7)9(5-12(16)19)8-3-10(21-2)14-11(4-8)22-6-23-14/h3-4,9H,5-6H2,1-2H3,(H2,16,19)(H2,17,18,20). The van der Waals surface area contributed by atoms with Gasteiger partial charge in [-0.1, -0.05) is 0 Å². The molecular weight excluding hydrogens is 302 g/mol. The van der Waals surface area contributed by atoms with Gasteiger partial charge in [-0.05, 0) is 24.6 Å². The monoisotopic (exact) mass is 319 g/mol. The fourth-order valence-electron chi connectivity index (χ4n) is 2.81. The number of aromatic amines is 2. The van der Waals surface area contributed by atoms with Gasteiger partial charge in [-0.15, -0.1) is 0 Å². The van der Waals surface area contributed by atoms with Crippen LogP contribution in [-0.4, -0.2) is 30.0 Å². The maximum Gasteiger partial charge on any atom is 0.267 e. The van der Waals surface area contributed by atoms with Crippen LogP contribution in [-0.2, 0) is 4.79 Å². The smallest absolute Gasteiger partial charge is 0.267 e. The zero-order chi connectivity index (χ0) is 16.6. The molecule has 1 aromatic carbocycles. The van der Waals surface area contributed by atoms with Gasteiger partial charge in [0.1, 0.15) is 0 Å². The van der Waals surface area contributed by atoms with Crippen molar-refractivity contribution < 1.29 is 19.0 Å². The number of carbonyl (C=O) groups excluding carboxylic acids is 1. The summed E-state index contributed by atoms with van der Waals surface area (Å²) in [5.41, 5.74) is 6.89. The molecule has 0 saturated carbocycles. The van der Waals surface area contributed by atoms with Crippen LogP contribution < -0.4 is 25.5 Å². The van der Waals surface area contributed by atoms with E-state index in [1.54, 1.807) is 19.1 Å². The molecule has 2 aromatic rings. The molecule has 0 spiro atoms. The third kappa shape index (κ3) is 2.63. The lowest BCUT2D eigenvalue weighted by atomic mass is 9.88. The first-order valence-corrected chi connectivity index (χ1v) is 7.04. The highest BCUT2D eigenvalue weighted by Crippen LogP contribution is 2.44. The van der Waals surface area contributed by atoms with Gasteiger partial charge in [0, 0.05) is 23.6 Å². The highest BCUT2D eigenvalue weighted by atomic mass is 16.7. The number of rotatable bonds is 5. The number of primary amides is 1. The number of benzene rings is 1. The van der Waals surface area contributed by atoms with Crippen LogP contribution in [0.3, 0.4) is 0 Å². The van der Waals surface area contributed by atoms with Gasteiger partial charge >= 0.3 is 0 Å². The topological polar surface area (TPSA) is 119 Å². The number of nitrogens with one attached hydrogen (secondary N) is 2. The molecule has 0 bridgehead atoms. The number of carbonyl (C=O) groups is 1. The largest absolute Gasteiger partial charge is 0.493 e. The lowest BCUT2D eigenvalue weighted by Crippen LogP contribution is -2.20. The SMILES string of the molecule is COc1cc(C(CC(N)=O)c2c(C)[nH][nH]c2=O)cc2c1OCO2. The van der Waals surface area contributed by atoms with Crippen LogP contribution in [0.5, 0.6) is 17.2 Å². The van der Waals surface area contributed by atoms with Gasteiger partial charge in [-0.2, -0.15) is 0 Å². The van der Waals surface area contributed by atoms with Gasteiger partial charge in [0.25, 0.3) is 5.56 Å². The second kappa shape index (κ2) is 5.71. The number of hydrogen-bond donors (Lipinski definition) is 3. The zero-order valence-electron chi connectivity index (χ0n) is 12.8. The quantitative estimate of drug-likeness (QED) is 0.751. The minimum atomic E-state index is -0.508. The van der Waals surface area contributed by atoms with Crippen molar-refractivity contribution >= 4 is 5.91 Å². The van der Waals surface area contributed by atoms with Crippen molar-refractivity contribution in [1.29, 1.82) is 0 Å². The summed E-state index contributed by atoms with van der Waals surface area (Å²) in [4.78, 5) is 23.6. The summed E-state index contributed by atoms with van der Waals surface area (Å²) in [5.74, 6) is 0.485. The highest BCUT2D eigenvalue weighted by molar-refractivity contribution is 5.76. The highest BCUT2D eigenvalue weighted by Gasteiger charge is 2.27. The normalized spacial score (nSPS) is 13.8. The second-order valence-electron chi connectivity index (χ2n) is 5.30. The number of aryl methyl sites for hydroxylation is 1. The summed E-state index contributed by atoms with van der Waals surface area (Å²) in [6.45, 7) is 1.85. The predicted molar refractivity (Wildman–Crippen MR) is 80.9 cm³/mol. The third-order valence-electron chi connectivity index (χ3n) is 3.85. The van der Waals surface area contributed by atoms with E-state index in [2.05, 4.69) is 10.2 Å². The molecule has 1 aliphatic heterocycles. The van der Waals surface area contributed by atoms with E-state index < -0.39 is 11.8 Å². The Morgan fingerprint density at radius 2 is 2.17 bits per heavy atom. The van der Waals surface area contributed by atoms with Crippen LogP contribution in [0, 0.1) is 6.92 Å². The van der Waals surface area contributed by atoms with E-state index >= 15 is 0 Å². The summed E-state index contributed by atoms with van der Waals surface area (Å²) < 4.78 is 16.1. The van der Waals surface area contributed by atoms with Crippen molar-refractivity contribution in [3.63, 3.8) is 0 Å². The molecule has 1 aromatic heterocycles. The lowest BCUT2D eigenvalue weighted by Gasteiger charge is -2.17. The van der Waals surface area contributed by atoms with Crippen molar-refractivity contribution in [2.24, 2.45) is 5.73 Å². The van der Waals surface area contributed by atoms with Crippen LogP contribution in [0.1, 0.15) is 29.2 Å². The fraction of sp³-hybridized carbons (Fsp3) is 0.333. The maximum absolute atomic E-state index is 12.1. The number of amides is 1. The maximum atomic E-state index is 12.1. The number of fused-ring (bicyclic) bond motifs is 1. The number of nitrogens with two attached hydrogens (primary N) is 1. The van der Waals surface area contributed by atoms with E-state index in [0.29, 0.717) is 34.1 Å². The summed E-state index contributed by atoms with van der Waals surface area (Å²) in [5, 5.41) is 5.29. The van der Waals surface area contributed by atoms with Crippen molar-refractivity contribution in [2.75, 3.05) is 13.9 Å². The fourth-order valence-corrected chi connectivity index (χ4v) is 2.81. The van der Waals surface area contributed by atoms with Crippen LogP contribution in [0.15, 0.2) is 16.9 Å². The second-order valence-corrected chi connectivity index (χ2v) is 5.30. The first-order chi connectivity index (χ1) is 11.0. The van der Waals surface area contributed by atoms with Gasteiger partial charge in [-0.25, -0.2) is 0 Å². The first-order valence-electron chi connectivity index (χ1n) is 7.04. The Balaban J connectivity index is 2.14. The summed E-state index contributed by atoms with van der Waals surface area (Å²) in [6.07, 6.45) is -0.00935. The van der Waals surface area contributed by atoms with Crippen molar-refractivity contribution in [1.82, 2.24) is 10.2 Å². The number of aromatic nitrogens is 2. The molecule has 4 N–H and O–H groups in total. The Kier molecular flexibility index (Phi) is 3.73. The van der Waals surface area contributed by atoms with E-state index in [4.69, 9.17) is 19.9 Å². The van der Waals surface area contributed by atoms with E-state index in [1.165, 1.54) is 7.11 Å². The molecule has 0 saturated heterocycles. The lowest BCUT2D eigenvalue weighted by molar-refractivity contribution is -0.118. The Morgan fingerprint density at radius 1 is 1.39 bits per heavy atom. The minimum Gasteiger partial charge on any atom is -0.493 e. The van der Waals surface area contributed by atoms with Gasteiger partial charge in [0.15, 0.2) is 11.5 Å². The number of H-pyrrole nitrogens is 2. The average molecular weight is 319 g/mol. The van der Waals surface area contributed by atoms with E-state index in [-0.39, 0.29) is 18.8 Å². The molecule has 1 aliphatic rings. The van der Waals surface area contributed by atoms with Gasteiger partial charge in [0.05, 0.1) is 7.11 Å². The number of ether oxygens (including phenoxy) is 3. The van der Waals surface area contributed by atoms with Crippen LogP contribution in [0.2, 0.25) is 0 Å². The Bertz CT molecular complexity index is 808. The van der Waals surface area contributed by atoms with Crippen molar-refractivity contribution in [3.8, 4) is 17.2 Å². The van der Waals surface area contributed by atoms with E-state index in [9.17, 15) is 9.59 Å². The summed E-state index contributed by atoms with van der Waals surface area (Å²) >= 11 is 0. The summed E-state index contributed by atoms with van der Waals surface area (Å²) in [6, 6.07) is 3.47. The Labute approximate surface area is 131 Å². The molecule has 2 heterocycles. The molecule has 1 amide bonds. The Morgan fingerprint density at radius 3 is 2.78 bits per heavy atom. The summed E-state index contributed by atoms with van der Waals surface area (Å²) in [7, 11) is 1.51. The molecule has 0 aliphatic carbocycles. The zero-order valence-corrected chi connectivity index (χ0v) is 12.8. The van der Waals surface area contributed by atoms with Gasteiger partial charge < -0.3 is 25.0 Å². The van der Waals surface area contributed by atoms with Crippen LogP contribution >= 0.6 is 0 Å². The van der Waals surface area contributed by atoms with E-state index in [0.717, 1.165) is 0 Å². The Hall–Kier alpha value is -2.90. The molecule has 8 heteroatoms. The van der Waals surface area contributed by atoms with Crippen LogP contribution in [0.25, 0.3) is 0 Å².